The summed E-state index contributed by atoms with van der Waals surface area (Å²) in [4.78, 5) is 20.0. The van der Waals surface area contributed by atoms with E-state index in [-0.39, 0.29) is 40.1 Å². The summed E-state index contributed by atoms with van der Waals surface area (Å²) in [5.41, 5.74) is -0.558. The Balaban J connectivity index is 0.00000169. The molecule has 0 aliphatic rings. The number of hydrogen-bond acceptors (Lipinski definition) is 3. The van der Waals surface area contributed by atoms with Gasteiger partial charge in [-0.25, -0.2) is 4.79 Å². The quantitative estimate of drug-likeness (QED) is 0.467. The number of carboxylic acids is 1. The number of nitro groups is 1. The van der Waals surface area contributed by atoms with Crippen LogP contribution in [-0.2, 0) is 0 Å². The fourth-order valence-electron chi connectivity index (χ4n) is 0.786. The van der Waals surface area contributed by atoms with Crippen LogP contribution in [-0.4, -0.2) is 45.6 Å². The molecule has 0 amide bonds. The van der Waals surface area contributed by atoms with Crippen LogP contribution in [0, 0.1) is 10.1 Å². The van der Waals surface area contributed by atoms with E-state index in [0.717, 1.165) is 6.07 Å². The number of nitrogens with zero attached hydrogens (tertiary/aromatic N) is 1. The Hall–Kier alpha value is -0.620. The van der Waals surface area contributed by atoms with Crippen LogP contribution in [0.1, 0.15) is 10.4 Å². The van der Waals surface area contributed by atoms with Gasteiger partial charge in [0.2, 0.25) is 0 Å². The molecular weight excluding hydrogens is 221 g/mol. The fraction of sp³-hybridized carbons (Fsp3) is 0. The molecule has 1 rings (SSSR count). The maximum atomic E-state index is 10.4. The molecule has 0 aromatic heterocycles. The van der Waals surface area contributed by atoms with E-state index < -0.39 is 16.6 Å². The summed E-state index contributed by atoms with van der Waals surface area (Å²) in [7, 11) is 0. The van der Waals surface area contributed by atoms with E-state index in [1.54, 1.807) is 0 Å². The molecule has 0 atom stereocenters. The second-order valence-electron chi connectivity index (χ2n) is 2.23. The van der Waals surface area contributed by atoms with Gasteiger partial charge in [-0.1, -0.05) is 11.6 Å². The van der Waals surface area contributed by atoms with Gasteiger partial charge < -0.3 is 5.11 Å². The predicted molar refractivity (Wildman–Crippen MR) is 52.2 cm³/mol. The van der Waals surface area contributed by atoms with Crippen LogP contribution in [0.2, 0.25) is 5.02 Å². The summed E-state index contributed by atoms with van der Waals surface area (Å²) in [5.74, 6) is -1.22. The van der Waals surface area contributed by atoms with Crippen molar-refractivity contribution >= 4 is 52.8 Å². The standard InChI is InChI=1S/C7H4ClNO4.Na.H/c8-5-2-1-4(7(10)11)3-6(5)9(12)13;;/h1-3H,(H,10,11);;. The third kappa shape index (κ3) is 2.95. The van der Waals surface area contributed by atoms with Gasteiger partial charge in [-0.3, -0.25) is 10.1 Å². The van der Waals surface area contributed by atoms with Gasteiger partial charge in [-0.05, 0) is 12.1 Å². The Bertz CT molecular complexity index is 382. The van der Waals surface area contributed by atoms with Gasteiger partial charge in [-0.15, -0.1) is 0 Å². The Morgan fingerprint density at radius 1 is 1.50 bits per heavy atom. The third-order valence-electron chi connectivity index (χ3n) is 1.39. The molecule has 0 heterocycles. The molecule has 1 aromatic rings. The summed E-state index contributed by atoms with van der Waals surface area (Å²) >= 11 is 5.46. The zero-order valence-corrected chi connectivity index (χ0v) is 6.99. The average molecular weight is 226 g/mol. The molecule has 0 aliphatic carbocycles. The van der Waals surface area contributed by atoms with Crippen LogP contribution < -0.4 is 0 Å². The predicted octanol–water partition coefficient (Wildman–Crippen LogP) is 1.30. The zero-order chi connectivity index (χ0) is 10.0. The summed E-state index contributed by atoms with van der Waals surface area (Å²) < 4.78 is 0. The van der Waals surface area contributed by atoms with Gasteiger partial charge in [0.05, 0.1) is 10.5 Å². The summed E-state index contributed by atoms with van der Waals surface area (Å²) in [6.07, 6.45) is 0. The van der Waals surface area contributed by atoms with Crippen molar-refractivity contribution in [2.75, 3.05) is 0 Å². The molecule has 1 N–H and O–H groups in total. The Kier molecular flexibility index (Phi) is 5.07. The van der Waals surface area contributed by atoms with Crippen LogP contribution in [0.5, 0.6) is 0 Å². The van der Waals surface area contributed by atoms with Crippen molar-refractivity contribution in [3.8, 4) is 0 Å². The van der Waals surface area contributed by atoms with E-state index >= 15 is 0 Å². The van der Waals surface area contributed by atoms with Gasteiger partial charge in [-0.2, -0.15) is 0 Å². The van der Waals surface area contributed by atoms with Crippen molar-refractivity contribution in [2.45, 2.75) is 0 Å². The zero-order valence-electron chi connectivity index (χ0n) is 6.23. The minimum atomic E-state index is -1.22. The Labute approximate surface area is 106 Å². The number of benzene rings is 1. The molecule has 14 heavy (non-hydrogen) atoms. The van der Waals surface area contributed by atoms with Crippen LogP contribution in [0.15, 0.2) is 18.2 Å². The van der Waals surface area contributed by atoms with E-state index in [2.05, 4.69) is 0 Å². The molecule has 0 aliphatic heterocycles. The normalized spacial score (nSPS) is 8.93. The number of carbonyl (C=O) groups is 1. The molecule has 0 bridgehead atoms. The molecule has 7 heteroatoms. The first-order valence-corrected chi connectivity index (χ1v) is 3.57. The Morgan fingerprint density at radius 2 is 2.07 bits per heavy atom. The third-order valence-corrected chi connectivity index (χ3v) is 1.71. The van der Waals surface area contributed by atoms with Crippen LogP contribution in [0.25, 0.3) is 0 Å². The number of halogens is 1. The van der Waals surface area contributed by atoms with E-state index in [0.29, 0.717) is 0 Å². The van der Waals surface area contributed by atoms with Crippen molar-refractivity contribution in [3.63, 3.8) is 0 Å². The SMILES string of the molecule is O=C(O)c1ccc(Cl)c([N+](=O)[O-])c1.[NaH]. The van der Waals surface area contributed by atoms with Crippen LogP contribution in [0.3, 0.4) is 0 Å². The first-order valence-electron chi connectivity index (χ1n) is 3.19. The van der Waals surface area contributed by atoms with Gasteiger partial charge in [0.25, 0.3) is 5.69 Å². The second kappa shape index (κ2) is 5.31. The van der Waals surface area contributed by atoms with E-state index in [1.165, 1.54) is 12.1 Å². The van der Waals surface area contributed by atoms with Gasteiger partial charge in [0, 0.05) is 6.07 Å². The van der Waals surface area contributed by atoms with E-state index in [4.69, 9.17) is 16.7 Å². The van der Waals surface area contributed by atoms with Crippen molar-refractivity contribution in [1.82, 2.24) is 0 Å². The molecule has 70 valence electrons. The average Bonchev–Trinajstić information content (AvgIpc) is 2.04. The van der Waals surface area contributed by atoms with Crippen molar-refractivity contribution in [3.05, 3.63) is 38.9 Å². The van der Waals surface area contributed by atoms with E-state index in [9.17, 15) is 14.9 Å². The molecule has 0 saturated heterocycles. The van der Waals surface area contributed by atoms with Gasteiger partial charge >= 0.3 is 35.5 Å². The summed E-state index contributed by atoms with van der Waals surface area (Å²) in [6.45, 7) is 0. The molecular formula is C7H5ClNNaO4. The minimum absolute atomic E-state index is 0. The van der Waals surface area contributed by atoms with Crippen LogP contribution >= 0.6 is 11.6 Å². The number of hydrogen-bond donors (Lipinski definition) is 1. The number of aromatic carboxylic acids is 1. The molecule has 5 nitrogen and oxygen atoms in total. The molecule has 0 radical (unpaired) electrons. The second-order valence-corrected chi connectivity index (χ2v) is 2.64. The number of rotatable bonds is 2. The molecule has 0 saturated carbocycles. The van der Waals surface area contributed by atoms with Crippen molar-refractivity contribution in [1.29, 1.82) is 0 Å². The van der Waals surface area contributed by atoms with Crippen molar-refractivity contribution in [2.24, 2.45) is 0 Å². The fourth-order valence-corrected chi connectivity index (χ4v) is 0.972. The van der Waals surface area contributed by atoms with Crippen molar-refractivity contribution < 1.29 is 14.8 Å². The number of nitro benzene ring substituents is 1. The molecule has 0 spiro atoms. The Morgan fingerprint density at radius 3 is 2.50 bits per heavy atom. The number of carboxylic acid groups (broad SMARTS) is 1. The molecule has 1 aromatic carbocycles. The monoisotopic (exact) mass is 225 g/mol. The first kappa shape index (κ1) is 13.4. The van der Waals surface area contributed by atoms with Crippen LogP contribution in [0.4, 0.5) is 5.69 Å². The molecule has 0 unspecified atom stereocenters. The summed E-state index contributed by atoms with van der Waals surface area (Å²) in [6, 6.07) is 3.31. The maximum absolute atomic E-state index is 10.4. The van der Waals surface area contributed by atoms with Gasteiger partial charge in [0.1, 0.15) is 5.02 Å². The topological polar surface area (TPSA) is 80.4 Å². The summed E-state index contributed by atoms with van der Waals surface area (Å²) in [5, 5.41) is 18.8. The van der Waals surface area contributed by atoms with E-state index in [1.807, 2.05) is 0 Å². The molecule has 0 fully saturated rings. The van der Waals surface area contributed by atoms with Gasteiger partial charge in [0.15, 0.2) is 0 Å². The first-order chi connectivity index (χ1) is 6.02.